The van der Waals surface area contributed by atoms with Crippen molar-refractivity contribution in [2.75, 3.05) is 18.4 Å². The highest BCUT2D eigenvalue weighted by Gasteiger charge is 2.37. The third-order valence-electron chi connectivity index (χ3n) is 6.44. The topological polar surface area (TPSA) is 69.7 Å². The Kier molecular flexibility index (Phi) is 6.58. The largest absolute Gasteiger partial charge is 0.341 e. The molecule has 0 saturated carbocycles. The van der Waals surface area contributed by atoms with Crippen LogP contribution < -0.4 is 5.32 Å². The fraction of sp³-hybridized carbons (Fsp3) is 0.423. The minimum atomic E-state index is -0.477. The highest BCUT2D eigenvalue weighted by Crippen LogP contribution is 2.29. The van der Waals surface area contributed by atoms with E-state index in [4.69, 9.17) is 0 Å². The lowest BCUT2D eigenvalue weighted by atomic mass is 9.92. The Morgan fingerprint density at radius 2 is 1.72 bits per heavy atom. The first-order valence-electron chi connectivity index (χ1n) is 11.5. The maximum Gasteiger partial charge on any atom is 0.245 e. The van der Waals surface area contributed by atoms with Gasteiger partial charge in [-0.05, 0) is 48.6 Å². The van der Waals surface area contributed by atoms with Crippen LogP contribution in [0.2, 0.25) is 0 Å². The number of nitrogens with zero attached hydrogens (tertiary/aromatic N) is 2. The molecular formula is C26H31N3O3. The zero-order valence-electron chi connectivity index (χ0n) is 18.9. The first-order chi connectivity index (χ1) is 15.4. The Labute approximate surface area is 189 Å². The van der Waals surface area contributed by atoms with Gasteiger partial charge >= 0.3 is 0 Å². The van der Waals surface area contributed by atoms with Crippen LogP contribution in [0.25, 0.3) is 0 Å². The van der Waals surface area contributed by atoms with Gasteiger partial charge < -0.3 is 15.1 Å². The minimum absolute atomic E-state index is 0.0416. The van der Waals surface area contributed by atoms with E-state index in [0.717, 1.165) is 53.9 Å². The van der Waals surface area contributed by atoms with Gasteiger partial charge in [-0.3, -0.25) is 14.4 Å². The molecule has 2 aromatic carbocycles. The minimum Gasteiger partial charge on any atom is -0.341 e. The van der Waals surface area contributed by atoms with Crippen LogP contribution in [0.5, 0.6) is 0 Å². The lowest BCUT2D eigenvalue weighted by Crippen LogP contribution is -2.53. The molecule has 0 spiro atoms. The average Bonchev–Trinajstić information content (AvgIpc) is 3.34. The molecule has 6 nitrogen and oxygen atoms in total. The molecular weight excluding hydrogens is 402 g/mol. The summed E-state index contributed by atoms with van der Waals surface area (Å²) in [4.78, 5) is 42.2. The molecule has 0 aromatic heterocycles. The number of aryl methyl sites for hydroxylation is 1. The van der Waals surface area contributed by atoms with Crippen molar-refractivity contribution >= 4 is 23.4 Å². The summed E-state index contributed by atoms with van der Waals surface area (Å²) < 4.78 is 0. The number of carbonyl (C=O) groups is 3. The summed E-state index contributed by atoms with van der Waals surface area (Å²) in [5.41, 5.74) is 4.88. The van der Waals surface area contributed by atoms with Crippen LogP contribution in [0.1, 0.15) is 48.4 Å². The molecule has 1 saturated heterocycles. The summed E-state index contributed by atoms with van der Waals surface area (Å²) in [6.45, 7) is 5.75. The number of benzene rings is 2. The summed E-state index contributed by atoms with van der Waals surface area (Å²) in [5, 5.41) is 2.89. The van der Waals surface area contributed by atoms with Gasteiger partial charge in [0.25, 0.3) is 0 Å². The normalized spacial score (nSPS) is 17.8. The second kappa shape index (κ2) is 9.55. The predicted molar refractivity (Wildman–Crippen MR) is 124 cm³/mol. The highest BCUT2D eigenvalue weighted by molar-refractivity contribution is 5.91. The first kappa shape index (κ1) is 22.1. The van der Waals surface area contributed by atoms with E-state index in [1.807, 2.05) is 61.2 Å². The Balaban J connectivity index is 1.60. The van der Waals surface area contributed by atoms with Crippen molar-refractivity contribution in [3.05, 3.63) is 64.7 Å². The number of carbonyl (C=O) groups excluding carboxylic acids is 3. The lowest BCUT2D eigenvalue weighted by molar-refractivity contribution is -0.146. The molecule has 2 aliphatic heterocycles. The van der Waals surface area contributed by atoms with Crippen LogP contribution in [0.4, 0.5) is 5.69 Å². The molecule has 2 heterocycles. The fourth-order valence-corrected chi connectivity index (χ4v) is 4.52. The van der Waals surface area contributed by atoms with Crippen molar-refractivity contribution in [3.63, 3.8) is 0 Å². The summed E-state index contributed by atoms with van der Waals surface area (Å²) in [6.07, 6.45) is 3.22. The van der Waals surface area contributed by atoms with Gasteiger partial charge in [0.1, 0.15) is 6.04 Å². The molecule has 0 unspecified atom stereocenters. The van der Waals surface area contributed by atoms with E-state index in [-0.39, 0.29) is 24.1 Å². The molecule has 2 aliphatic rings. The Morgan fingerprint density at radius 1 is 1.00 bits per heavy atom. The number of amides is 3. The number of likely N-dealkylation sites (tertiary alicyclic amines) is 1. The smallest absolute Gasteiger partial charge is 0.245 e. The number of hydrogen-bond donors (Lipinski definition) is 1. The van der Waals surface area contributed by atoms with Crippen LogP contribution in [-0.2, 0) is 33.8 Å². The molecule has 0 radical (unpaired) electrons. The van der Waals surface area contributed by atoms with Crippen molar-refractivity contribution in [2.45, 2.75) is 58.5 Å². The van der Waals surface area contributed by atoms with Crippen molar-refractivity contribution in [1.29, 1.82) is 0 Å². The predicted octanol–water partition coefficient (Wildman–Crippen LogP) is 3.46. The van der Waals surface area contributed by atoms with Crippen LogP contribution in [0.3, 0.4) is 0 Å². The summed E-state index contributed by atoms with van der Waals surface area (Å²) in [6, 6.07) is 13.3. The zero-order valence-corrected chi connectivity index (χ0v) is 18.9. The van der Waals surface area contributed by atoms with Gasteiger partial charge in [0.15, 0.2) is 0 Å². The van der Waals surface area contributed by atoms with Crippen molar-refractivity contribution < 1.29 is 14.4 Å². The molecule has 2 aromatic rings. The van der Waals surface area contributed by atoms with Crippen LogP contribution in [-0.4, -0.2) is 46.7 Å². The number of fused-ring (bicyclic) bond motifs is 1. The molecule has 3 amide bonds. The van der Waals surface area contributed by atoms with Gasteiger partial charge in [-0.25, -0.2) is 0 Å². The van der Waals surface area contributed by atoms with Crippen molar-refractivity contribution in [2.24, 2.45) is 0 Å². The van der Waals surface area contributed by atoms with Crippen molar-refractivity contribution in [3.8, 4) is 0 Å². The maximum atomic E-state index is 13.4. The summed E-state index contributed by atoms with van der Waals surface area (Å²) >= 11 is 0. The molecule has 4 rings (SSSR count). The monoisotopic (exact) mass is 433 g/mol. The molecule has 168 valence electrons. The van der Waals surface area contributed by atoms with Crippen LogP contribution in [0.15, 0.2) is 42.5 Å². The Hall–Kier alpha value is -3.15. The second-order valence-electron chi connectivity index (χ2n) is 8.82. The van der Waals surface area contributed by atoms with Gasteiger partial charge in [0.05, 0.1) is 6.42 Å². The zero-order chi connectivity index (χ0) is 22.7. The van der Waals surface area contributed by atoms with E-state index in [9.17, 15) is 14.4 Å². The van der Waals surface area contributed by atoms with Gasteiger partial charge in [-0.1, -0.05) is 42.8 Å². The standard InChI is InChI=1S/C26H31N3O3/c1-3-24(30)27-22-11-10-20-16-23(26(32)28-12-4-5-13-28)29(17-21(20)15-22)25(31)14-19-8-6-18(2)7-9-19/h6-11,15,23H,3-5,12-14,16-17H2,1-2H3,(H,27,30)/t23-/m0/s1. The van der Waals surface area contributed by atoms with Gasteiger partial charge in [0.2, 0.25) is 17.7 Å². The maximum absolute atomic E-state index is 13.4. The summed E-state index contributed by atoms with van der Waals surface area (Å²) in [5.74, 6) is -0.0380. The van der Waals surface area contributed by atoms with E-state index in [1.165, 1.54) is 0 Å². The van der Waals surface area contributed by atoms with E-state index in [2.05, 4.69) is 5.32 Å². The van der Waals surface area contributed by atoms with Gasteiger partial charge in [-0.2, -0.15) is 0 Å². The molecule has 1 fully saturated rings. The van der Waals surface area contributed by atoms with E-state index >= 15 is 0 Å². The highest BCUT2D eigenvalue weighted by atomic mass is 16.2. The third-order valence-corrected chi connectivity index (χ3v) is 6.44. The van der Waals surface area contributed by atoms with Gasteiger partial charge in [-0.15, -0.1) is 0 Å². The number of nitrogens with one attached hydrogen (secondary N) is 1. The van der Waals surface area contributed by atoms with E-state index in [0.29, 0.717) is 19.4 Å². The van der Waals surface area contributed by atoms with Crippen LogP contribution in [0, 0.1) is 6.92 Å². The molecule has 6 heteroatoms. The average molecular weight is 434 g/mol. The Morgan fingerprint density at radius 3 is 2.41 bits per heavy atom. The van der Waals surface area contributed by atoms with E-state index in [1.54, 1.807) is 4.90 Å². The van der Waals surface area contributed by atoms with E-state index < -0.39 is 6.04 Å². The number of hydrogen-bond acceptors (Lipinski definition) is 3. The summed E-state index contributed by atoms with van der Waals surface area (Å²) in [7, 11) is 0. The van der Waals surface area contributed by atoms with Gasteiger partial charge in [0, 0.05) is 38.2 Å². The molecule has 1 atom stereocenters. The molecule has 0 bridgehead atoms. The van der Waals surface area contributed by atoms with Crippen molar-refractivity contribution in [1.82, 2.24) is 9.80 Å². The number of anilines is 1. The SMILES string of the molecule is CCC(=O)Nc1ccc2c(c1)CN(C(=O)Cc1ccc(C)cc1)[C@H](C(=O)N1CCCC1)C2. The first-order valence-corrected chi connectivity index (χ1v) is 11.5. The molecule has 1 N–H and O–H groups in total. The quantitative estimate of drug-likeness (QED) is 0.785. The molecule has 0 aliphatic carbocycles. The molecule has 32 heavy (non-hydrogen) atoms. The lowest BCUT2D eigenvalue weighted by Gasteiger charge is -2.38. The fourth-order valence-electron chi connectivity index (χ4n) is 4.52. The van der Waals surface area contributed by atoms with Crippen LogP contribution >= 0.6 is 0 Å². The third kappa shape index (κ3) is 4.85. The second-order valence-corrected chi connectivity index (χ2v) is 8.82. The number of rotatable bonds is 5. The Bertz CT molecular complexity index is 1010.